The Balaban J connectivity index is 2.11. The van der Waals surface area contributed by atoms with Gasteiger partial charge in [-0.2, -0.15) is 0 Å². The molecule has 0 radical (unpaired) electrons. The molecule has 82 valence electrons. The molecular formula is C11H14BrNO2. The molecule has 0 bridgehead atoms. The van der Waals surface area contributed by atoms with Crippen LogP contribution in [0.1, 0.15) is 6.42 Å². The van der Waals surface area contributed by atoms with Gasteiger partial charge in [-0.3, -0.25) is 0 Å². The number of hydrogen-bond donors (Lipinski definition) is 1. The minimum atomic E-state index is 0.411. The molecule has 0 spiro atoms. The van der Waals surface area contributed by atoms with Crippen molar-refractivity contribution in [1.82, 2.24) is 0 Å². The first-order valence-corrected chi connectivity index (χ1v) is 5.76. The van der Waals surface area contributed by atoms with Gasteiger partial charge in [-0.25, -0.2) is 0 Å². The van der Waals surface area contributed by atoms with Crippen LogP contribution in [-0.4, -0.2) is 26.4 Å². The summed E-state index contributed by atoms with van der Waals surface area (Å²) in [5.74, 6) is 0.861. The Bertz CT molecular complexity index is 337. The summed E-state index contributed by atoms with van der Waals surface area (Å²) in [4.78, 5) is 0. The molecule has 0 saturated carbocycles. The average molecular weight is 272 g/mol. The molecule has 1 aromatic carbocycles. The normalized spacial score (nSPS) is 20.3. The number of rotatable bonds is 3. The van der Waals surface area contributed by atoms with Crippen molar-refractivity contribution in [1.29, 1.82) is 0 Å². The predicted octanol–water partition coefficient (Wildman–Crippen LogP) is 2.66. The van der Waals surface area contributed by atoms with Gasteiger partial charge in [0.2, 0.25) is 0 Å². The van der Waals surface area contributed by atoms with Crippen LogP contribution >= 0.6 is 15.9 Å². The van der Waals surface area contributed by atoms with Crippen molar-refractivity contribution in [3.8, 4) is 5.75 Å². The minimum absolute atomic E-state index is 0.411. The highest BCUT2D eigenvalue weighted by Gasteiger charge is 2.16. The average Bonchev–Trinajstić information content (AvgIpc) is 2.74. The van der Waals surface area contributed by atoms with Crippen molar-refractivity contribution < 1.29 is 9.47 Å². The van der Waals surface area contributed by atoms with Crippen molar-refractivity contribution in [3.05, 3.63) is 22.7 Å². The highest BCUT2D eigenvalue weighted by molar-refractivity contribution is 9.10. The number of benzene rings is 1. The molecule has 1 saturated heterocycles. The van der Waals surface area contributed by atoms with E-state index in [9.17, 15) is 0 Å². The summed E-state index contributed by atoms with van der Waals surface area (Å²) < 4.78 is 11.6. The van der Waals surface area contributed by atoms with Gasteiger partial charge in [0.25, 0.3) is 0 Å². The highest BCUT2D eigenvalue weighted by Crippen LogP contribution is 2.28. The second-order valence-electron chi connectivity index (χ2n) is 3.55. The number of anilines is 1. The Kier molecular flexibility index (Phi) is 3.49. The first-order chi connectivity index (χ1) is 7.29. The fourth-order valence-electron chi connectivity index (χ4n) is 1.61. The van der Waals surface area contributed by atoms with E-state index in [0.717, 1.165) is 35.5 Å². The number of hydrogen-bond acceptors (Lipinski definition) is 3. The van der Waals surface area contributed by atoms with Crippen LogP contribution in [0.5, 0.6) is 5.75 Å². The molecule has 1 aliphatic heterocycles. The molecule has 2 rings (SSSR count). The third kappa shape index (κ3) is 2.63. The van der Waals surface area contributed by atoms with E-state index in [1.54, 1.807) is 7.11 Å². The third-order valence-electron chi connectivity index (χ3n) is 2.46. The van der Waals surface area contributed by atoms with Crippen LogP contribution in [0.2, 0.25) is 0 Å². The monoisotopic (exact) mass is 271 g/mol. The molecule has 3 nitrogen and oxygen atoms in total. The number of methoxy groups -OCH3 is 1. The fraction of sp³-hybridized carbons (Fsp3) is 0.455. The van der Waals surface area contributed by atoms with E-state index >= 15 is 0 Å². The van der Waals surface area contributed by atoms with Gasteiger partial charge in [-0.15, -0.1) is 0 Å². The molecule has 1 aliphatic rings. The van der Waals surface area contributed by atoms with Crippen LogP contribution in [-0.2, 0) is 4.74 Å². The van der Waals surface area contributed by atoms with Crippen molar-refractivity contribution in [3.63, 3.8) is 0 Å². The Morgan fingerprint density at radius 2 is 2.40 bits per heavy atom. The lowest BCUT2D eigenvalue weighted by atomic mass is 10.2. The topological polar surface area (TPSA) is 30.5 Å². The van der Waals surface area contributed by atoms with E-state index < -0.39 is 0 Å². The molecule has 1 atom stereocenters. The van der Waals surface area contributed by atoms with E-state index in [0.29, 0.717) is 6.04 Å². The maximum absolute atomic E-state index is 5.32. The summed E-state index contributed by atoms with van der Waals surface area (Å²) in [7, 11) is 1.67. The maximum atomic E-state index is 5.32. The first-order valence-electron chi connectivity index (χ1n) is 4.97. The summed E-state index contributed by atoms with van der Waals surface area (Å²) in [6.07, 6.45) is 1.06. The molecule has 1 N–H and O–H groups in total. The molecule has 1 heterocycles. The van der Waals surface area contributed by atoms with Crippen LogP contribution < -0.4 is 10.1 Å². The van der Waals surface area contributed by atoms with Crippen molar-refractivity contribution in [2.24, 2.45) is 0 Å². The second kappa shape index (κ2) is 4.86. The van der Waals surface area contributed by atoms with E-state index in [1.165, 1.54) is 0 Å². The van der Waals surface area contributed by atoms with Crippen LogP contribution in [0, 0.1) is 0 Å². The Hall–Kier alpha value is -0.740. The molecular weight excluding hydrogens is 258 g/mol. The summed E-state index contributed by atoms with van der Waals surface area (Å²) in [6, 6.07) is 6.31. The molecule has 0 aromatic heterocycles. The lowest BCUT2D eigenvalue weighted by Crippen LogP contribution is -2.19. The van der Waals surface area contributed by atoms with Gasteiger partial charge in [0.05, 0.1) is 25.4 Å². The lowest BCUT2D eigenvalue weighted by molar-refractivity contribution is 0.195. The zero-order valence-electron chi connectivity index (χ0n) is 8.63. The zero-order chi connectivity index (χ0) is 10.7. The zero-order valence-corrected chi connectivity index (χ0v) is 10.2. The summed E-state index contributed by atoms with van der Waals surface area (Å²) in [6.45, 7) is 1.63. The van der Waals surface area contributed by atoms with Gasteiger partial charge in [0.1, 0.15) is 5.75 Å². The van der Waals surface area contributed by atoms with Gasteiger partial charge in [0.15, 0.2) is 0 Å². The van der Waals surface area contributed by atoms with E-state index in [1.807, 2.05) is 18.2 Å². The second-order valence-corrected chi connectivity index (χ2v) is 4.40. The van der Waals surface area contributed by atoms with Crippen LogP contribution in [0.25, 0.3) is 0 Å². The largest absolute Gasteiger partial charge is 0.497 e. The van der Waals surface area contributed by atoms with E-state index in [-0.39, 0.29) is 0 Å². The van der Waals surface area contributed by atoms with Gasteiger partial charge >= 0.3 is 0 Å². The Morgan fingerprint density at radius 1 is 1.53 bits per heavy atom. The van der Waals surface area contributed by atoms with Gasteiger partial charge in [-0.05, 0) is 34.5 Å². The number of halogens is 1. The van der Waals surface area contributed by atoms with Crippen LogP contribution in [0.15, 0.2) is 22.7 Å². The Labute approximate surface area is 97.9 Å². The summed E-state index contributed by atoms with van der Waals surface area (Å²) in [5.41, 5.74) is 1.06. The lowest BCUT2D eigenvalue weighted by Gasteiger charge is -2.14. The number of ether oxygens (including phenoxy) is 2. The van der Waals surface area contributed by atoms with Gasteiger partial charge < -0.3 is 14.8 Å². The molecule has 0 aliphatic carbocycles. The maximum Gasteiger partial charge on any atom is 0.121 e. The number of nitrogens with one attached hydrogen (secondary N) is 1. The van der Waals surface area contributed by atoms with Crippen LogP contribution in [0.3, 0.4) is 0 Å². The molecule has 1 aromatic rings. The molecule has 1 fully saturated rings. The Morgan fingerprint density at radius 3 is 3.07 bits per heavy atom. The van der Waals surface area contributed by atoms with Crippen LogP contribution in [0.4, 0.5) is 5.69 Å². The van der Waals surface area contributed by atoms with Crippen molar-refractivity contribution in [2.75, 3.05) is 25.6 Å². The van der Waals surface area contributed by atoms with E-state index in [2.05, 4.69) is 21.2 Å². The quantitative estimate of drug-likeness (QED) is 0.917. The van der Waals surface area contributed by atoms with Gasteiger partial charge in [-0.1, -0.05) is 0 Å². The van der Waals surface area contributed by atoms with Crippen molar-refractivity contribution in [2.45, 2.75) is 12.5 Å². The fourth-order valence-corrected chi connectivity index (χ4v) is 1.97. The van der Waals surface area contributed by atoms with E-state index in [4.69, 9.17) is 9.47 Å². The minimum Gasteiger partial charge on any atom is -0.497 e. The van der Waals surface area contributed by atoms with Gasteiger partial charge in [0, 0.05) is 17.1 Å². The smallest absolute Gasteiger partial charge is 0.121 e. The molecule has 0 amide bonds. The highest BCUT2D eigenvalue weighted by atomic mass is 79.9. The molecule has 1 unspecified atom stereocenters. The third-order valence-corrected chi connectivity index (χ3v) is 3.15. The molecule has 15 heavy (non-hydrogen) atoms. The summed E-state index contributed by atoms with van der Waals surface area (Å²) in [5, 5.41) is 3.43. The standard InChI is InChI=1S/C11H14BrNO2/c1-14-9-2-3-10(12)11(6-9)13-8-4-5-15-7-8/h2-3,6,8,13H,4-5,7H2,1H3. The predicted molar refractivity (Wildman–Crippen MR) is 63.5 cm³/mol. The van der Waals surface area contributed by atoms with Crippen molar-refractivity contribution >= 4 is 21.6 Å². The first kappa shape index (κ1) is 10.8. The molecule has 4 heteroatoms. The summed E-state index contributed by atoms with van der Waals surface area (Å²) >= 11 is 3.51. The SMILES string of the molecule is COc1ccc(Br)c(NC2CCOC2)c1.